The molecule has 0 bridgehead atoms. The first-order valence-electron chi connectivity index (χ1n) is 18.6. The first-order chi connectivity index (χ1) is 25.3. The molecule has 0 amide bonds. The number of nitrogens with two attached hydrogens (primary N) is 1. The number of allylic oxidation sites excluding steroid dienone is 7. The lowest BCUT2D eigenvalue weighted by Crippen LogP contribution is -2.29. The SMILES string of the molecule is CCC(=C\C=C1\N(CCOC(C)=O)c2ccc3ccccc3c2C1(C)C)/C(N)=C(C)/C=C/C1=[N+](CCOC(C)=O)c2ccc3ccccc3c2C1(C)C. The predicted molar refractivity (Wildman–Crippen MR) is 217 cm³/mol. The molecule has 53 heavy (non-hydrogen) atoms. The van der Waals surface area contributed by atoms with Crippen LogP contribution in [0.3, 0.4) is 0 Å². The maximum absolute atomic E-state index is 11.7. The Hall–Kier alpha value is -5.43. The summed E-state index contributed by atoms with van der Waals surface area (Å²) in [5.41, 5.74) is 16.1. The second kappa shape index (κ2) is 14.9. The Morgan fingerprint density at radius 3 is 2.04 bits per heavy atom. The highest BCUT2D eigenvalue weighted by Crippen LogP contribution is 2.51. The van der Waals surface area contributed by atoms with Gasteiger partial charge in [0.25, 0.3) is 0 Å². The average molecular weight is 711 g/mol. The summed E-state index contributed by atoms with van der Waals surface area (Å²) in [7, 11) is 0. The van der Waals surface area contributed by atoms with Gasteiger partial charge in [0.1, 0.15) is 6.61 Å². The van der Waals surface area contributed by atoms with Crippen molar-refractivity contribution in [2.75, 3.05) is 31.2 Å². The van der Waals surface area contributed by atoms with Crippen molar-refractivity contribution in [3.05, 3.63) is 131 Å². The van der Waals surface area contributed by atoms with Gasteiger partial charge in [-0.2, -0.15) is 4.58 Å². The van der Waals surface area contributed by atoms with E-state index in [1.54, 1.807) is 0 Å². The third-order valence-corrected chi connectivity index (χ3v) is 10.8. The van der Waals surface area contributed by atoms with Crippen molar-refractivity contribution < 1.29 is 23.6 Å². The summed E-state index contributed by atoms with van der Waals surface area (Å²) < 4.78 is 13.1. The van der Waals surface area contributed by atoms with Gasteiger partial charge in [0, 0.05) is 54.0 Å². The highest BCUT2D eigenvalue weighted by Gasteiger charge is 2.45. The summed E-state index contributed by atoms with van der Waals surface area (Å²) in [5, 5.41) is 4.84. The first kappa shape index (κ1) is 37.3. The van der Waals surface area contributed by atoms with Crippen LogP contribution < -0.4 is 10.6 Å². The maximum atomic E-state index is 11.7. The van der Waals surface area contributed by atoms with Crippen molar-refractivity contribution in [2.45, 2.75) is 72.6 Å². The normalized spacial score (nSPS) is 17.5. The number of anilines is 1. The molecule has 4 aromatic carbocycles. The minimum absolute atomic E-state index is 0.286. The summed E-state index contributed by atoms with van der Waals surface area (Å²) in [6.45, 7) is 17.8. The van der Waals surface area contributed by atoms with Crippen molar-refractivity contribution in [1.29, 1.82) is 0 Å². The van der Waals surface area contributed by atoms with Gasteiger partial charge in [-0.3, -0.25) is 9.59 Å². The standard InChI is InChI=1S/C46H51N3O4/c1-9-33(21-25-41-46(7,8)43-37-17-13-11-15-35(37)20-23-39(43)49(41)27-29-53-32(4)51)44(47)30(2)18-24-40-45(5,6)42-36-16-12-10-14-34(36)19-22-38(42)48(40)26-28-52-31(3)50/h10-25,47H,9,26-29H2,1-8H3/p+1/b33-21+,41-25+. The predicted octanol–water partition coefficient (Wildman–Crippen LogP) is 9.30. The number of hydrogen-bond acceptors (Lipinski definition) is 6. The summed E-state index contributed by atoms with van der Waals surface area (Å²) in [6, 6.07) is 25.7. The van der Waals surface area contributed by atoms with Crippen LogP contribution in [0.25, 0.3) is 21.5 Å². The van der Waals surface area contributed by atoms with Crippen molar-refractivity contribution in [3.8, 4) is 0 Å². The number of carbonyl (C=O) groups excluding carboxylic acids is 2. The third-order valence-electron chi connectivity index (χ3n) is 10.8. The number of fused-ring (bicyclic) bond motifs is 6. The molecule has 0 fully saturated rings. The second-order valence-corrected chi connectivity index (χ2v) is 15.0. The molecule has 2 aliphatic heterocycles. The lowest BCUT2D eigenvalue weighted by atomic mass is 9.79. The third kappa shape index (κ3) is 7.05. The number of nitrogens with zero attached hydrogens (tertiary/aromatic N) is 2. The Labute approximate surface area is 313 Å². The zero-order valence-electron chi connectivity index (χ0n) is 32.4. The van der Waals surface area contributed by atoms with Gasteiger partial charge in [-0.05, 0) is 83.7 Å². The van der Waals surface area contributed by atoms with Gasteiger partial charge in [-0.1, -0.05) is 87.5 Å². The number of ether oxygens (including phenoxy) is 2. The van der Waals surface area contributed by atoms with E-state index in [0.29, 0.717) is 13.1 Å². The minimum atomic E-state index is -0.311. The zero-order chi connectivity index (χ0) is 38.1. The fraction of sp³-hybridized carbons (Fsp3) is 0.326. The molecule has 4 aromatic rings. The van der Waals surface area contributed by atoms with Gasteiger partial charge < -0.3 is 20.1 Å². The molecule has 0 radical (unpaired) electrons. The van der Waals surface area contributed by atoms with E-state index in [1.807, 2.05) is 0 Å². The molecule has 0 saturated heterocycles. The van der Waals surface area contributed by atoms with E-state index in [2.05, 4.69) is 148 Å². The molecule has 0 spiro atoms. The lowest BCUT2D eigenvalue weighted by molar-refractivity contribution is -0.440. The molecule has 0 aromatic heterocycles. The van der Waals surface area contributed by atoms with Gasteiger partial charge in [-0.15, -0.1) is 0 Å². The van der Waals surface area contributed by atoms with Crippen molar-refractivity contribution in [1.82, 2.24) is 0 Å². The number of esters is 2. The first-order valence-corrected chi connectivity index (χ1v) is 18.6. The van der Waals surface area contributed by atoms with Gasteiger partial charge in [0.05, 0.1) is 12.0 Å². The van der Waals surface area contributed by atoms with Crippen LogP contribution in [0.2, 0.25) is 0 Å². The molecule has 7 nitrogen and oxygen atoms in total. The minimum Gasteiger partial charge on any atom is -0.464 e. The van der Waals surface area contributed by atoms with Crippen LogP contribution in [0.5, 0.6) is 0 Å². The van der Waals surface area contributed by atoms with Crippen LogP contribution >= 0.6 is 0 Å². The van der Waals surface area contributed by atoms with Gasteiger partial charge in [0.2, 0.25) is 5.69 Å². The average Bonchev–Trinajstić information content (AvgIpc) is 3.48. The second-order valence-electron chi connectivity index (χ2n) is 15.0. The Kier molecular flexibility index (Phi) is 10.5. The van der Waals surface area contributed by atoms with Crippen molar-refractivity contribution >= 4 is 50.6 Å². The molecule has 0 saturated carbocycles. The summed E-state index contributed by atoms with van der Waals surface area (Å²) in [4.78, 5) is 25.7. The largest absolute Gasteiger partial charge is 0.464 e. The van der Waals surface area contributed by atoms with Crippen molar-refractivity contribution in [3.63, 3.8) is 0 Å². The van der Waals surface area contributed by atoms with Crippen LogP contribution in [-0.4, -0.2) is 48.5 Å². The quantitative estimate of drug-likeness (QED) is 0.0949. The molecular weight excluding hydrogens is 659 g/mol. The Morgan fingerprint density at radius 1 is 0.792 bits per heavy atom. The molecule has 0 unspecified atom stereocenters. The van der Waals surface area contributed by atoms with E-state index in [1.165, 1.54) is 46.5 Å². The van der Waals surface area contributed by atoms with E-state index in [-0.39, 0.29) is 36.0 Å². The van der Waals surface area contributed by atoms with E-state index < -0.39 is 0 Å². The van der Waals surface area contributed by atoms with Crippen LogP contribution in [0.4, 0.5) is 11.4 Å². The summed E-state index contributed by atoms with van der Waals surface area (Å²) in [5.74, 6) is -0.573. The molecule has 6 rings (SSSR count). The number of benzene rings is 4. The lowest BCUT2D eigenvalue weighted by Gasteiger charge is -2.27. The van der Waals surface area contributed by atoms with Crippen molar-refractivity contribution in [2.24, 2.45) is 5.73 Å². The van der Waals surface area contributed by atoms with E-state index in [0.717, 1.165) is 46.0 Å². The maximum Gasteiger partial charge on any atom is 0.302 e. The molecule has 2 aliphatic rings. The smallest absolute Gasteiger partial charge is 0.302 e. The summed E-state index contributed by atoms with van der Waals surface area (Å²) >= 11 is 0. The number of rotatable bonds is 11. The fourth-order valence-electron chi connectivity index (χ4n) is 8.24. The van der Waals surface area contributed by atoms with E-state index >= 15 is 0 Å². The molecule has 7 heteroatoms. The zero-order valence-corrected chi connectivity index (χ0v) is 32.4. The Morgan fingerprint density at radius 2 is 1.40 bits per heavy atom. The van der Waals surface area contributed by atoms with Crippen LogP contribution in [0.1, 0.15) is 72.9 Å². The monoisotopic (exact) mass is 710 g/mol. The van der Waals surface area contributed by atoms with E-state index in [9.17, 15) is 9.59 Å². The molecule has 0 atom stereocenters. The fourth-order valence-corrected chi connectivity index (χ4v) is 8.24. The molecule has 2 N–H and O–H groups in total. The van der Waals surface area contributed by atoms with Gasteiger partial charge in [-0.25, -0.2) is 0 Å². The Balaban J connectivity index is 1.38. The molecule has 2 heterocycles. The number of carbonyl (C=O) groups is 2. The van der Waals surface area contributed by atoms with Gasteiger partial charge in [0.15, 0.2) is 18.9 Å². The molecular formula is C46H52N3O4+. The highest BCUT2D eigenvalue weighted by atomic mass is 16.5. The highest BCUT2D eigenvalue weighted by molar-refractivity contribution is 6.07. The number of hydrogen-bond donors (Lipinski definition) is 1. The topological polar surface area (TPSA) is 84.9 Å². The summed E-state index contributed by atoms with van der Waals surface area (Å²) in [6.07, 6.45) is 9.38. The van der Waals surface area contributed by atoms with Gasteiger partial charge >= 0.3 is 11.9 Å². The molecule has 0 aliphatic carbocycles. The van der Waals surface area contributed by atoms with Crippen LogP contribution in [0.15, 0.2) is 120 Å². The van der Waals surface area contributed by atoms with Crippen LogP contribution in [-0.2, 0) is 29.9 Å². The van der Waals surface area contributed by atoms with E-state index in [4.69, 9.17) is 15.2 Å². The molecule has 274 valence electrons. The Bertz CT molecular complexity index is 2270. The van der Waals surface area contributed by atoms with Crippen LogP contribution in [0, 0.1) is 0 Å².